The van der Waals surface area contributed by atoms with Gasteiger partial charge in [0.2, 0.25) is 0 Å². The van der Waals surface area contributed by atoms with E-state index in [1.54, 1.807) is 7.11 Å². The second-order valence-electron chi connectivity index (χ2n) is 5.69. The molecule has 0 radical (unpaired) electrons. The monoisotopic (exact) mass is 365 g/mol. The molecule has 0 aliphatic heterocycles. The predicted molar refractivity (Wildman–Crippen MR) is 102 cm³/mol. The number of benzene rings is 2. The number of hydrogen-bond acceptors (Lipinski definition) is 5. The zero-order chi connectivity index (χ0) is 17.9. The predicted octanol–water partition coefficient (Wildman–Crippen LogP) is 4.09. The number of fused-ring (bicyclic) bond motifs is 1. The van der Waals surface area contributed by atoms with Crippen molar-refractivity contribution in [2.75, 3.05) is 12.4 Å². The second-order valence-corrected chi connectivity index (χ2v) is 6.12. The maximum atomic E-state index is 6.02. The summed E-state index contributed by atoms with van der Waals surface area (Å²) >= 11 is 6.02. The van der Waals surface area contributed by atoms with Crippen LogP contribution in [0.25, 0.3) is 16.6 Å². The van der Waals surface area contributed by atoms with E-state index in [9.17, 15) is 0 Å². The first-order valence-corrected chi connectivity index (χ1v) is 8.44. The molecule has 0 aliphatic rings. The highest BCUT2D eigenvalue weighted by atomic mass is 35.5. The first kappa shape index (κ1) is 16.4. The fourth-order valence-electron chi connectivity index (χ4n) is 2.68. The zero-order valence-electron chi connectivity index (χ0n) is 14.1. The lowest BCUT2D eigenvalue weighted by Gasteiger charge is -2.07. The van der Waals surface area contributed by atoms with E-state index in [-0.39, 0.29) is 0 Å². The third-order valence-electron chi connectivity index (χ3n) is 4.02. The molecule has 0 aliphatic carbocycles. The van der Waals surface area contributed by atoms with Crippen LogP contribution < -0.4 is 10.1 Å². The largest absolute Gasteiger partial charge is 0.497 e. The van der Waals surface area contributed by atoms with Crippen molar-refractivity contribution >= 4 is 28.3 Å². The summed E-state index contributed by atoms with van der Waals surface area (Å²) in [6.07, 6.45) is 3.45. The van der Waals surface area contributed by atoms with E-state index >= 15 is 0 Å². The molecule has 130 valence electrons. The summed E-state index contributed by atoms with van der Waals surface area (Å²) in [5, 5.41) is 9.49. The summed E-state index contributed by atoms with van der Waals surface area (Å²) in [4.78, 5) is 8.57. The van der Waals surface area contributed by atoms with Gasteiger partial charge in [-0.2, -0.15) is 5.10 Å². The fraction of sp³-hybridized carbons (Fsp3) is 0.105. The highest BCUT2D eigenvalue weighted by molar-refractivity contribution is 6.31. The quantitative estimate of drug-likeness (QED) is 0.577. The van der Waals surface area contributed by atoms with Crippen LogP contribution in [0, 0.1) is 0 Å². The van der Waals surface area contributed by atoms with Crippen molar-refractivity contribution in [1.29, 1.82) is 0 Å². The summed E-state index contributed by atoms with van der Waals surface area (Å²) in [6, 6.07) is 15.3. The summed E-state index contributed by atoms with van der Waals surface area (Å²) in [6.45, 7) is 0.553. The molecular formula is C19H16ClN5O. The van der Waals surface area contributed by atoms with Crippen LogP contribution in [0.2, 0.25) is 5.02 Å². The van der Waals surface area contributed by atoms with Crippen LogP contribution in [0.1, 0.15) is 5.69 Å². The second kappa shape index (κ2) is 7.01. The van der Waals surface area contributed by atoms with Crippen molar-refractivity contribution in [2.24, 2.45) is 0 Å². The van der Waals surface area contributed by atoms with E-state index < -0.39 is 0 Å². The molecule has 26 heavy (non-hydrogen) atoms. The van der Waals surface area contributed by atoms with Crippen LogP contribution in [0.3, 0.4) is 0 Å². The smallest absolute Gasteiger partial charge is 0.137 e. The Labute approximate surface area is 155 Å². The number of halogens is 1. The van der Waals surface area contributed by atoms with Gasteiger partial charge in [0.05, 0.1) is 30.6 Å². The molecule has 0 atom stereocenters. The topological polar surface area (TPSA) is 64.9 Å². The molecule has 0 spiro atoms. The Hall–Kier alpha value is -3.12. The van der Waals surface area contributed by atoms with Gasteiger partial charge in [-0.25, -0.2) is 14.6 Å². The number of hydrogen-bond donors (Lipinski definition) is 1. The van der Waals surface area contributed by atoms with Gasteiger partial charge in [-0.1, -0.05) is 11.6 Å². The molecule has 4 aromatic rings. The molecule has 0 fully saturated rings. The lowest BCUT2D eigenvalue weighted by molar-refractivity contribution is 0.414. The van der Waals surface area contributed by atoms with Crippen LogP contribution >= 0.6 is 11.6 Å². The maximum absolute atomic E-state index is 6.02. The molecule has 0 unspecified atom stereocenters. The van der Waals surface area contributed by atoms with E-state index in [4.69, 9.17) is 16.3 Å². The highest BCUT2D eigenvalue weighted by Crippen LogP contribution is 2.23. The Balaban J connectivity index is 1.51. The van der Waals surface area contributed by atoms with Crippen LogP contribution in [-0.4, -0.2) is 26.9 Å². The third kappa shape index (κ3) is 3.32. The molecule has 1 N–H and O–H groups in total. The van der Waals surface area contributed by atoms with Crippen molar-refractivity contribution in [3.05, 3.63) is 71.8 Å². The minimum atomic E-state index is 0.553. The van der Waals surface area contributed by atoms with Crippen molar-refractivity contribution in [2.45, 2.75) is 6.54 Å². The Bertz CT molecular complexity index is 1050. The van der Waals surface area contributed by atoms with Gasteiger partial charge in [-0.3, -0.25) is 0 Å². The lowest BCUT2D eigenvalue weighted by Crippen LogP contribution is -2.04. The van der Waals surface area contributed by atoms with E-state index in [0.29, 0.717) is 11.6 Å². The zero-order valence-corrected chi connectivity index (χ0v) is 14.8. The normalized spacial score (nSPS) is 10.8. The highest BCUT2D eigenvalue weighted by Gasteiger charge is 2.06. The van der Waals surface area contributed by atoms with Crippen LogP contribution in [-0.2, 0) is 6.54 Å². The molecule has 2 heterocycles. The number of aromatic nitrogens is 4. The van der Waals surface area contributed by atoms with E-state index in [2.05, 4.69) is 20.4 Å². The van der Waals surface area contributed by atoms with Crippen molar-refractivity contribution in [3.63, 3.8) is 0 Å². The molecule has 0 saturated carbocycles. The van der Waals surface area contributed by atoms with Gasteiger partial charge < -0.3 is 10.1 Å². The molecule has 4 rings (SSSR count). The minimum absolute atomic E-state index is 0.553. The molecule has 2 aromatic carbocycles. The fourth-order valence-corrected chi connectivity index (χ4v) is 2.85. The lowest BCUT2D eigenvalue weighted by atomic mass is 10.2. The number of nitrogens with one attached hydrogen (secondary N) is 1. The van der Waals surface area contributed by atoms with E-state index in [0.717, 1.165) is 33.9 Å². The van der Waals surface area contributed by atoms with Gasteiger partial charge in [-0.15, -0.1) is 0 Å². The van der Waals surface area contributed by atoms with Gasteiger partial charge >= 0.3 is 0 Å². The first-order chi connectivity index (χ1) is 12.7. The van der Waals surface area contributed by atoms with Gasteiger partial charge in [0.25, 0.3) is 0 Å². The number of nitrogens with zero attached hydrogens (tertiary/aromatic N) is 4. The molecule has 2 aromatic heterocycles. The first-order valence-electron chi connectivity index (χ1n) is 8.06. The van der Waals surface area contributed by atoms with E-state index in [1.807, 2.05) is 59.4 Å². The Morgan fingerprint density at radius 3 is 2.73 bits per heavy atom. The van der Waals surface area contributed by atoms with Crippen LogP contribution in [0.15, 0.2) is 61.1 Å². The number of anilines is 1. The summed E-state index contributed by atoms with van der Waals surface area (Å²) in [5.41, 5.74) is 2.68. The molecule has 7 heteroatoms. The Kier molecular flexibility index (Phi) is 4.41. The van der Waals surface area contributed by atoms with Gasteiger partial charge in [-0.05, 0) is 48.5 Å². The standard InChI is InChI=1S/C19H16ClN5O/c1-26-16-5-3-15(4-6-16)25-9-8-14(24-25)11-21-19-17-7-2-13(20)10-18(17)22-12-23-19/h2-10,12H,11H2,1H3,(H,21,22,23). The van der Waals surface area contributed by atoms with E-state index in [1.165, 1.54) is 6.33 Å². The average Bonchev–Trinajstić information content (AvgIpc) is 3.15. The number of ether oxygens (including phenoxy) is 1. The van der Waals surface area contributed by atoms with Crippen molar-refractivity contribution < 1.29 is 4.74 Å². The SMILES string of the molecule is COc1ccc(-n2ccc(CNc3ncnc4cc(Cl)ccc34)n2)cc1. The number of methoxy groups -OCH3 is 1. The maximum Gasteiger partial charge on any atom is 0.137 e. The van der Waals surface area contributed by atoms with Crippen molar-refractivity contribution in [1.82, 2.24) is 19.7 Å². The Morgan fingerprint density at radius 2 is 1.92 bits per heavy atom. The minimum Gasteiger partial charge on any atom is -0.497 e. The van der Waals surface area contributed by atoms with Crippen LogP contribution in [0.5, 0.6) is 5.75 Å². The van der Waals surface area contributed by atoms with Gasteiger partial charge in [0, 0.05) is 16.6 Å². The molecule has 0 bridgehead atoms. The van der Waals surface area contributed by atoms with Gasteiger partial charge in [0.1, 0.15) is 17.9 Å². The van der Waals surface area contributed by atoms with Gasteiger partial charge in [0.15, 0.2) is 0 Å². The molecule has 0 amide bonds. The van der Waals surface area contributed by atoms with Crippen molar-refractivity contribution in [3.8, 4) is 11.4 Å². The average molecular weight is 366 g/mol. The summed E-state index contributed by atoms with van der Waals surface area (Å²) < 4.78 is 7.01. The third-order valence-corrected chi connectivity index (χ3v) is 4.25. The summed E-state index contributed by atoms with van der Waals surface area (Å²) in [5.74, 6) is 1.57. The Morgan fingerprint density at radius 1 is 1.08 bits per heavy atom. The van der Waals surface area contributed by atoms with Crippen LogP contribution in [0.4, 0.5) is 5.82 Å². The molecule has 6 nitrogen and oxygen atoms in total. The molecular weight excluding hydrogens is 350 g/mol. The number of rotatable bonds is 5. The molecule has 0 saturated heterocycles. The summed E-state index contributed by atoms with van der Waals surface area (Å²) in [7, 11) is 1.65.